The number of carbonyl (C=O) groups excluding carboxylic acids is 2. The van der Waals surface area contributed by atoms with Crippen molar-refractivity contribution in [3.8, 4) is 5.88 Å². The minimum Gasteiger partial charge on any atom is -0.480 e. The Morgan fingerprint density at radius 2 is 2.09 bits per heavy atom. The summed E-state index contributed by atoms with van der Waals surface area (Å²) in [5.74, 6) is 0.247. The van der Waals surface area contributed by atoms with Gasteiger partial charge in [-0.3, -0.25) is 14.6 Å². The van der Waals surface area contributed by atoms with Gasteiger partial charge in [0.25, 0.3) is 5.91 Å². The topological polar surface area (TPSA) is 123 Å². The number of amides is 2. The average Bonchev–Trinajstić information content (AvgIpc) is 3.39. The summed E-state index contributed by atoms with van der Waals surface area (Å²) < 4.78 is 48.8. The number of carbonyl (C=O) groups is 2. The van der Waals surface area contributed by atoms with E-state index in [1.165, 1.54) is 24.8 Å². The third-order valence-corrected chi connectivity index (χ3v) is 5.14. The Bertz CT molecular complexity index is 957. The molecule has 2 aromatic heterocycles. The predicted octanol–water partition coefficient (Wildman–Crippen LogP) is 3.11. The number of hydrogen-bond donors (Lipinski definition) is 3. The van der Waals surface area contributed by atoms with Crippen molar-refractivity contribution >= 4 is 17.8 Å². The summed E-state index contributed by atoms with van der Waals surface area (Å²) in [6, 6.07) is 2.13. The van der Waals surface area contributed by atoms with Gasteiger partial charge in [0.1, 0.15) is 11.8 Å². The zero-order chi connectivity index (χ0) is 23.5. The predicted molar refractivity (Wildman–Crippen MR) is 106 cm³/mol. The zero-order valence-electron chi connectivity index (χ0n) is 17.8. The molecule has 2 amide bonds. The van der Waals surface area contributed by atoms with Gasteiger partial charge in [-0.1, -0.05) is 0 Å². The van der Waals surface area contributed by atoms with E-state index in [9.17, 15) is 22.8 Å². The van der Waals surface area contributed by atoms with Gasteiger partial charge in [-0.2, -0.15) is 18.3 Å². The first-order valence-electron chi connectivity index (χ1n) is 10.0. The number of alkyl halides is 3. The van der Waals surface area contributed by atoms with Crippen molar-refractivity contribution in [1.29, 1.82) is 0 Å². The second-order valence-electron chi connectivity index (χ2n) is 7.76. The van der Waals surface area contributed by atoms with Crippen molar-refractivity contribution in [3.63, 3.8) is 0 Å². The molecule has 0 saturated heterocycles. The van der Waals surface area contributed by atoms with Crippen LogP contribution in [0.25, 0.3) is 0 Å². The summed E-state index contributed by atoms with van der Waals surface area (Å²) in [5.41, 5.74) is 1.06. The number of aromatic nitrogens is 4. The van der Waals surface area contributed by atoms with Crippen LogP contribution in [-0.4, -0.2) is 57.4 Å². The van der Waals surface area contributed by atoms with Crippen LogP contribution in [0.4, 0.5) is 23.8 Å². The molecule has 1 unspecified atom stereocenters. The van der Waals surface area contributed by atoms with Gasteiger partial charge in [0, 0.05) is 36.8 Å². The SMILES string of the molecule is COc1cc(C(=O)Nc2cc([C@H]3CC[C@@H](OC(=O)NC(C)CC(F)(F)F)C3)[nH]n2)n(C)n1. The lowest BCUT2D eigenvalue weighted by Gasteiger charge is -2.18. The molecule has 2 aromatic rings. The second kappa shape index (κ2) is 9.49. The van der Waals surface area contributed by atoms with Crippen LogP contribution in [-0.2, 0) is 11.8 Å². The van der Waals surface area contributed by atoms with Gasteiger partial charge in [0.2, 0.25) is 5.88 Å². The minimum absolute atomic E-state index is 0.00958. The Morgan fingerprint density at radius 3 is 2.75 bits per heavy atom. The van der Waals surface area contributed by atoms with E-state index in [1.54, 1.807) is 13.1 Å². The molecular formula is C19H25F3N6O4. The lowest BCUT2D eigenvalue weighted by molar-refractivity contribution is -0.138. The van der Waals surface area contributed by atoms with E-state index in [0.29, 0.717) is 36.7 Å². The fourth-order valence-corrected chi connectivity index (χ4v) is 3.66. The number of methoxy groups -OCH3 is 1. The highest BCUT2D eigenvalue weighted by molar-refractivity contribution is 6.02. The molecule has 0 aromatic carbocycles. The number of H-pyrrole nitrogens is 1. The third-order valence-electron chi connectivity index (χ3n) is 5.14. The normalized spacial score (nSPS) is 19.4. The molecular weight excluding hydrogens is 433 g/mol. The van der Waals surface area contributed by atoms with Gasteiger partial charge in [-0.05, 0) is 26.2 Å². The van der Waals surface area contributed by atoms with E-state index in [4.69, 9.17) is 9.47 Å². The van der Waals surface area contributed by atoms with Crippen molar-refractivity contribution in [2.45, 2.75) is 56.8 Å². The molecule has 1 fully saturated rings. The van der Waals surface area contributed by atoms with Crippen LogP contribution in [0.3, 0.4) is 0 Å². The maximum absolute atomic E-state index is 12.4. The van der Waals surface area contributed by atoms with Crippen LogP contribution >= 0.6 is 0 Å². The highest BCUT2D eigenvalue weighted by atomic mass is 19.4. The summed E-state index contributed by atoms with van der Waals surface area (Å²) >= 11 is 0. The van der Waals surface area contributed by atoms with E-state index >= 15 is 0 Å². The molecule has 10 nitrogen and oxygen atoms in total. The Balaban J connectivity index is 1.50. The summed E-state index contributed by atoms with van der Waals surface area (Å²) in [6.45, 7) is 1.27. The first-order chi connectivity index (χ1) is 15.0. The van der Waals surface area contributed by atoms with Gasteiger partial charge in [0.05, 0.1) is 13.5 Å². The quantitative estimate of drug-likeness (QED) is 0.586. The standard InChI is InChI=1S/C19H25F3N6O4/c1-10(9-19(20,21)22)23-18(30)32-12-5-4-11(6-12)13-7-15(26-25-13)24-17(29)14-8-16(31-3)27-28(14)2/h7-8,10-12H,4-6,9H2,1-3H3,(H,23,30)(H2,24,25,26,29)/t10?,11-,12+/m0/s1. The number of halogens is 3. The zero-order valence-corrected chi connectivity index (χ0v) is 17.8. The molecule has 176 valence electrons. The number of rotatable bonds is 7. The summed E-state index contributed by atoms with van der Waals surface area (Å²) in [7, 11) is 3.07. The number of hydrogen-bond acceptors (Lipinski definition) is 6. The molecule has 3 N–H and O–H groups in total. The molecule has 0 spiro atoms. The molecule has 1 saturated carbocycles. The minimum atomic E-state index is -4.36. The number of aryl methyl sites for hydroxylation is 1. The van der Waals surface area contributed by atoms with Crippen molar-refractivity contribution < 1.29 is 32.2 Å². The second-order valence-corrected chi connectivity index (χ2v) is 7.76. The number of aromatic amines is 1. The molecule has 1 aliphatic rings. The van der Waals surface area contributed by atoms with E-state index in [1.807, 2.05) is 0 Å². The highest BCUT2D eigenvalue weighted by Gasteiger charge is 2.33. The van der Waals surface area contributed by atoms with Crippen molar-refractivity contribution in [3.05, 3.63) is 23.5 Å². The van der Waals surface area contributed by atoms with Gasteiger partial charge in [-0.15, -0.1) is 5.10 Å². The molecule has 0 bridgehead atoms. The Hall–Kier alpha value is -3.25. The lowest BCUT2D eigenvalue weighted by atomic mass is 10.0. The number of nitrogens with one attached hydrogen (secondary N) is 3. The number of nitrogens with zero attached hydrogens (tertiary/aromatic N) is 3. The first kappa shape index (κ1) is 23.4. The summed E-state index contributed by atoms with van der Waals surface area (Å²) in [5, 5.41) is 15.9. The molecule has 0 radical (unpaired) electrons. The van der Waals surface area contributed by atoms with Gasteiger partial charge >= 0.3 is 12.3 Å². The molecule has 0 aliphatic heterocycles. The Kier molecular flexibility index (Phi) is 6.94. The largest absolute Gasteiger partial charge is 0.480 e. The van der Waals surface area contributed by atoms with Gasteiger partial charge in [-0.25, -0.2) is 4.79 Å². The monoisotopic (exact) mass is 458 g/mol. The van der Waals surface area contributed by atoms with Crippen LogP contribution in [0.5, 0.6) is 5.88 Å². The van der Waals surface area contributed by atoms with Crippen LogP contribution in [0.2, 0.25) is 0 Å². The highest BCUT2D eigenvalue weighted by Crippen LogP contribution is 2.36. The Morgan fingerprint density at radius 1 is 1.34 bits per heavy atom. The van der Waals surface area contributed by atoms with Gasteiger partial charge < -0.3 is 20.1 Å². The van der Waals surface area contributed by atoms with Crippen LogP contribution in [0, 0.1) is 0 Å². The molecule has 32 heavy (non-hydrogen) atoms. The maximum atomic E-state index is 12.4. The number of alkyl carbamates (subject to hydrolysis) is 1. The van der Waals surface area contributed by atoms with Crippen molar-refractivity contribution in [1.82, 2.24) is 25.3 Å². The maximum Gasteiger partial charge on any atom is 0.407 e. The van der Waals surface area contributed by atoms with Crippen molar-refractivity contribution in [2.24, 2.45) is 7.05 Å². The lowest BCUT2D eigenvalue weighted by Crippen LogP contribution is -2.37. The molecule has 2 heterocycles. The summed E-state index contributed by atoms with van der Waals surface area (Å²) in [6.07, 6.45) is -5.00. The average molecular weight is 458 g/mol. The molecule has 13 heteroatoms. The van der Waals surface area contributed by atoms with Crippen LogP contribution in [0.1, 0.15) is 54.7 Å². The Labute approximate surface area is 181 Å². The smallest absolute Gasteiger partial charge is 0.407 e. The first-order valence-corrected chi connectivity index (χ1v) is 10.0. The van der Waals surface area contributed by atoms with Gasteiger partial charge in [0.15, 0.2) is 5.82 Å². The van der Waals surface area contributed by atoms with E-state index < -0.39 is 36.7 Å². The fraction of sp³-hybridized carbons (Fsp3) is 0.579. The number of ether oxygens (including phenoxy) is 2. The van der Waals surface area contributed by atoms with Crippen LogP contribution in [0.15, 0.2) is 12.1 Å². The molecule has 3 atom stereocenters. The fourth-order valence-electron chi connectivity index (χ4n) is 3.66. The number of anilines is 1. The van der Waals surface area contributed by atoms with E-state index in [2.05, 4.69) is 25.9 Å². The summed E-state index contributed by atoms with van der Waals surface area (Å²) in [4.78, 5) is 24.3. The van der Waals surface area contributed by atoms with Crippen LogP contribution < -0.4 is 15.4 Å². The van der Waals surface area contributed by atoms with Crippen molar-refractivity contribution in [2.75, 3.05) is 12.4 Å². The van der Waals surface area contributed by atoms with E-state index in [0.717, 1.165) is 5.69 Å². The third kappa shape index (κ3) is 6.14. The van der Waals surface area contributed by atoms with E-state index in [-0.39, 0.29) is 5.92 Å². The molecule has 3 rings (SSSR count). The molecule has 1 aliphatic carbocycles.